The lowest BCUT2D eigenvalue weighted by molar-refractivity contribution is 0.591. The van der Waals surface area contributed by atoms with E-state index in [9.17, 15) is 8.42 Å². The number of aryl methyl sites for hydroxylation is 1. The van der Waals surface area contributed by atoms with Crippen molar-refractivity contribution in [1.82, 2.24) is 9.55 Å². The Hall–Kier alpha value is -1.56. The fourth-order valence-corrected chi connectivity index (χ4v) is 2.40. The van der Waals surface area contributed by atoms with E-state index in [0.717, 1.165) is 11.0 Å². The van der Waals surface area contributed by atoms with E-state index in [1.807, 2.05) is 10.6 Å². The first-order valence-electron chi connectivity index (χ1n) is 5.42. The SMILES string of the molecule is CCS(=O)(=O)CCn1cnc2cc(N)ccc21. The number of hydrogen-bond donors (Lipinski definition) is 1. The minimum atomic E-state index is -2.95. The molecule has 0 saturated carbocycles. The quantitative estimate of drug-likeness (QED) is 0.826. The molecule has 0 aliphatic rings. The highest BCUT2D eigenvalue weighted by molar-refractivity contribution is 7.91. The predicted molar refractivity (Wildman–Crippen MR) is 68.5 cm³/mol. The van der Waals surface area contributed by atoms with E-state index in [2.05, 4.69) is 4.98 Å². The Labute approximate surface area is 100 Å². The highest BCUT2D eigenvalue weighted by atomic mass is 32.2. The van der Waals surface area contributed by atoms with E-state index in [0.29, 0.717) is 12.2 Å². The number of fused-ring (bicyclic) bond motifs is 1. The molecule has 2 rings (SSSR count). The molecule has 0 saturated heterocycles. The number of rotatable bonds is 4. The molecule has 92 valence electrons. The Balaban J connectivity index is 2.26. The summed E-state index contributed by atoms with van der Waals surface area (Å²) in [5, 5.41) is 0. The first-order valence-corrected chi connectivity index (χ1v) is 7.25. The lowest BCUT2D eigenvalue weighted by Gasteiger charge is -2.04. The summed E-state index contributed by atoms with van der Waals surface area (Å²) in [6, 6.07) is 5.42. The number of nitrogens with zero attached hydrogens (tertiary/aromatic N) is 2. The zero-order valence-corrected chi connectivity index (χ0v) is 10.4. The highest BCUT2D eigenvalue weighted by Crippen LogP contribution is 2.16. The summed E-state index contributed by atoms with van der Waals surface area (Å²) >= 11 is 0. The van der Waals surface area contributed by atoms with Gasteiger partial charge < -0.3 is 10.3 Å². The van der Waals surface area contributed by atoms with Gasteiger partial charge in [0.25, 0.3) is 0 Å². The zero-order chi connectivity index (χ0) is 12.5. The minimum Gasteiger partial charge on any atom is -0.399 e. The fraction of sp³-hybridized carbons (Fsp3) is 0.364. The van der Waals surface area contributed by atoms with Crippen LogP contribution < -0.4 is 5.73 Å². The van der Waals surface area contributed by atoms with Gasteiger partial charge in [-0.15, -0.1) is 0 Å². The molecule has 17 heavy (non-hydrogen) atoms. The highest BCUT2D eigenvalue weighted by Gasteiger charge is 2.09. The van der Waals surface area contributed by atoms with Crippen LogP contribution in [0.1, 0.15) is 6.92 Å². The third kappa shape index (κ3) is 2.58. The number of anilines is 1. The fourth-order valence-electron chi connectivity index (χ4n) is 1.64. The van der Waals surface area contributed by atoms with Crippen LogP contribution in [-0.2, 0) is 16.4 Å². The molecule has 1 aromatic carbocycles. The Morgan fingerprint density at radius 1 is 1.41 bits per heavy atom. The molecule has 0 atom stereocenters. The van der Waals surface area contributed by atoms with Gasteiger partial charge in [-0.25, -0.2) is 13.4 Å². The van der Waals surface area contributed by atoms with Crippen LogP contribution in [0.4, 0.5) is 5.69 Å². The molecule has 1 aromatic heterocycles. The van der Waals surface area contributed by atoms with Gasteiger partial charge >= 0.3 is 0 Å². The molecule has 2 aromatic rings. The van der Waals surface area contributed by atoms with Crippen molar-refractivity contribution in [3.05, 3.63) is 24.5 Å². The Bertz CT molecular complexity index is 631. The average Bonchev–Trinajstić information content (AvgIpc) is 2.69. The summed E-state index contributed by atoms with van der Waals surface area (Å²) in [4.78, 5) is 4.19. The number of sulfone groups is 1. The minimum absolute atomic E-state index is 0.138. The molecule has 0 spiro atoms. The molecule has 0 fully saturated rings. The third-order valence-corrected chi connectivity index (χ3v) is 4.41. The molecule has 6 heteroatoms. The summed E-state index contributed by atoms with van der Waals surface area (Å²) < 4.78 is 24.7. The van der Waals surface area contributed by atoms with Crippen LogP contribution in [0.2, 0.25) is 0 Å². The number of imidazole rings is 1. The van der Waals surface area contributed by atoms with Gasteiger partial charge in [0, 0.05) is 18.0 Å². The van der Waals surface area contributed by atoms with Crippen molar-refractivity contribution in [2.45, 2.75) is 13.5 Å². The van der Waals surface area contributed by atoms with Crippen molar-refractivity contribution in [2.75, 3.05) is 17.2 Å². The topological polar surface area (TPSA) is 78.0 Å². The molecule has 2 N–H and O–H groups in total. The van der Waals surface area contributed by atoms with Gasteiger partial charge in [0.1, 0.15) is 0 Å². The van der Waals surface area contributed by atoms with Crippen molar-refractivity contribution in [3.8, 4) is 0 Å². The van der Waals surface area contributed by atoms with E-state index in [1.165, 1.54) is 0 Å². The van der Waals surface area contributed by atoms with Gasteiger partial charge in [-0.05, 0) is 18.2 Å². The summed E-state index contributed by atoms with van der Waals surface area (Å²) in [7, 11) is -2.95. The second-order valence-electron chi connectivity index (χ2n) is 3.92. The molecule has 0 aliphatic heterocycles. The van der Waals surface area contributed by atoms with Crippen LogP contribution >= 0.6 is 0 Å². The molecular weight excluding hydrogens is 238 g/mol. The van der Waals surface area contributed by atoms with Gasteiger partial charge in [0.15, 0.2) is 9.84 Å². The van der Waals surface area contributed by atoms with E-state index in [4.69, 9.17) is 5.73 Å². The van der Waals surface area contributed by atoms with Crippen molar-refractivity contribution >= 4 is 26.6 Å². The van der Waals surface area contributed by atoms with Gasteiger partial charge in [-0.2, -0.15) is 0 Å². The number of nitrogens with two attached hydrogens (primary N) is 1. The van der Waals surface area contributed by atoms with Crippen LogP contribution in [0.3, 0.4) is 0 Å². The van der Waals surface area contributed by atoms with Gasteiger partial charge in [0.05, 0.1) is 23.1 Å². The van der Waals surface area contributed by atoms with Crippen LogP contribution in [0.5, 0.6) is 0 Å². The van der Waals surface area contributed by atoms with Crippen molar-refractivity contribution in [2.24, 2.45) is 0 Å². The van der Waals surface area contributed by atoms with Gasteiger partial charge in [-0.1, -0.05) is 6.92 Å². The maximum Gasteiger partial charge on any atom is 0.151 e. The molecule has 0 unspecified atom stereocenters. The van der Waals surface area contributed by atoms with Crippen molar-refractivity contribution < 1.29 is 8.42 Å². The van der Waals surface area contributed by atoms with Crippen molar-refractivity contribution in [1.29, 1.82) is 0 Å². The lowest BCUT2D eigenvalue weighted by atomic mass is 10.3. The maximum atomic E-state index is 11.4. The van der Waals surface area contributed by atoms with Gasteiger partial charge in [0.2, 0.25) is 0 Å². The first kappa shape index (κ1) is 11.9. The molecule has 0 amide bonds. The van der Waals surface area contributed by atoms with Gasteiger partial charge in [-0.3, -0.25) is 0 Å². The molecule has 0 radical (unpaired) electrons. The molecule has 1 heterocycles. The number of hydrogen-bond acceptors (Lipinski definition) is 4. The molecule has 5 nitrogen and oxygen atoms in total. The smallest absolute Gasteiger partial charge is 0.151 e. The zero-order valence-electron chi connectivity index (χ0n) is 9.63. The van der Waals surface area contributed by atoms with Crippen LogP contribution in [0.15, 0.2) is 24.5 Å². The van der Waals surface area contributed by atoms with E-state index in [1.54, 1.807) is 25.4 Å². The van der Waals surface area contributed by atoms with Crippen LogP contribution in [0.25, 0.3) is 11.0 Å². The number of benzene rings is 1. The largest absolute Gasteiger partial charge is 0.399 e. The molecule has 0 aliphatic carbocycles. The van der Waals surface area contributed by atoms with E-state index in [-0.39, 0.29) is 11.5 Å². The standard InChI is InChI=1S/C11H15N3O2S/c1-2-17(15,16)6-5-14-8-13-10-7-9(12)3-4-11(10)14/h3-4,7-8H,2,5-6,12H2,1H3. The summed E-state index contributed by atoms with van der Waals surface area (Å²) in [5.74, 6) is 0.311. The Kier molecular flexibility index (Phi) is 3.06. The molecule has 0 bridgehead atoms. The summed E-state index contributed by atoms with van der Waals surface area (Å²) in [6.45, 7) is 2.08. The predicted octanol–water partition coefficient (Wildman–Crippen LogP) is 1.05. The monoisotopic (exact) mass is 253 g/mol. The average molecular weight is 253 g/mol. The summed E-state index contributed by atoms with van der Waals surface area (Å²) in [6.07, 6.45) is 1.65. The number of nitrogen functional groups attached to an aromatic ring is 1. The van der Waals surface area contributed by atoms with Crippen LogP contribution in [-0.4, -0.2) is 29.5 Å². The van der Waals surface area contributed by atoms with Crippen molar-refractivity contribution in [3.63, 3.8) is 0 Å². The Morgan fingerprint density at radius 3 is 2.88 bits per heavy atom. The lowest BCUT2D eigenvalue weighted by Crippen LogP contribution is -2.14. The summed E-state index contributed by atoms with van der Waals surface area (Å²) in [5.41, 5.74) is 8.01. The second kappa shape index (κ2) is 4.37. The first-order chi connectivity index (χ1) is 8.02. The second-order valence-corrected chi connectivity index (χ2v) is 6.40. The third-order valence-electron chi connectivity index (χ3n) is 2.73. The Morgan fingerprint density at radius 2 is 2.18 bits per heavy atom. The number of aromatic nitrogens is 2. The molecular formula is C11H15N3O2S. The van der Waals surface area contributed by atoms with Crippen LogP contribution in [0, 0.1) is 0 Å². The van der Waals surface area contributed by atoms with E-state index < -0.39 is 9.84 Å². The van der Waals surface area contributed by atoms with E-state index >= 15 is 0 Å². The maximum absolute atomic E-state index is 11.4. The normalized spacial score (nSPS) is 12.1.